The zero-order valence-corrected chi connectivity index (χ0v) is 15.6. The number of benzene rings is 2. The van der Waals surface area contributed by atoms with Crippen LogP contribution in [0.2, 0.25) is 0 Å². The zero-order chi connectivity index (χ0) is 19.2. The lowest BCUT2D eigenvalue weighted by molar-refractivity contribution is -0.116. The molecule has 1 aliphatic rings. The standard InChI is InChI=1S/C21H24N2O4/c1-26-18-10-11-19(27-2)15(13-18)5-12-20(24)22-16-6-3-14(4-7-16)21(25)23-17-8-9-17/h3-4,6-7,10-11,13,17H,5,8-9,12H2,1-2H3,(H,22,24)(H,23,25). The van der Waals surface area contributed by atoms with Crippen LogP contribution in [0.4, 0.5) is 5.69 Å². The molecule has 2 aromatic rings. The second kappa shape index (κ2) is 8.58. The van der Waals surface area contributed by atoms with E-state index in [0.717, 1.165) is 29.9 Å². The molecule has 0 radical (unpaired) electrons. The van der Waals surface area contributed by atoms with Gasteiger partial charge in [-0.05, 0) is 67.3 Å². The summed E-state index contributed by atoms with van der Waals surface area (Å²) in [6, 6.07) is 12.8. The van der Waals surface area contributed by atoms with Crippen LogP contribution in [-0.2, 0) is 11.2 Å². The summed E-state index contributed by atoms with van der Waals surface area (Å²) in [5.41, 5.74) is 2.18. The Balaban J connectivity index is 1.54. The molecule has 1 aliphatic carbocycles. The van der Waals surface area contributed by atoms with Gasteiger partial charge >= 0.3 is 0 Å². The highest BCUT2D eigenvalue weighted by molar-refractivity contribution is 5.96. The molecule has 0 heterocycles. The van der Waals surface area contributed by atoms with Gasteiger partial charge in [0.05, 0.1) is 14.2 Å². The van der Waals surface area contributed by atoms with Crippen LogP contribution >= 0.6 is 0 Å². The highest BCUT2D eigenvalue weighted by Gasteiger charge is 2.23. The zero-order valence-electron chi connectivity index (χ0n) is 15.6. The molecule has 0 saturated heterocycles. The fourth-order valence-electron chi connectivity index (χ4n) is 2.75. The molecule has 0 bridgehead atoms. The van der Waals surface area contributed by atoms with Crippen molar-refractivity contribution in [1.82, 2.24) is 5.32 Å². The summed E-state index contributed by atoms with van der Waals surface area (Å²) in [6.07, 6.45) is 2.96. The molecule has 0 unspecified atom stereocenters. The maximum Gasteiger partial charge on any atom is 0.251 e. The van der Waals surface area contributed by atoms with Crippen molar-refractivity contribution < 1.29 is 19.1 Å². The molecule has 2 amide bonds. The van der Waals surface area contributed by atoms with Crippen molar-refractivity contribution >= 4 is 17.5 Å². The summed E-state index contributed by atoms with van der Waals surface area (Å²) in [6.45, 7) is 0. The second-order valence-electron chi connectivity index (χ2n) is 6.55. The fourth-order valence-corrected chi connectivity index (χ4v) is 2.75. The minimum atomic E-state index is -0.102. The molecule has 2 N–H and O–H groups in total. The summed E-state index contributed by atoms with van der Waals surface area (Å²) in [5, 5.41) is 5.80. The first-order valence-electron chi connectivity index (χ1n) is 9.00. The van der Waals surface area contributed by atoms with Gasteiger partial charge in [-0.3, -0.25) is 9.59 Å². The number of aryl methyl sites for hydroxylation is 1. The van der Waals surface area contributed by atoms with Gasteiger partial charge in [-0.2, -0.15) is 0 Å². The Hall–Kier alpha value is -3.02. The molecule has 3 rings (SSSR count). The van der Waals surface area contributed by atoms with E-state index < -0.39 is 0 Å². The van der Waals surface area contributed by atoms with Gasteiger partial charge in [0.15, 0.2) is 0 Å². The number of anilines is 1. The van der Waals surface area contributed by atoms with E-state index in [-0.39, 0.29) is 11.8 Å². The van der Waals surface area contributed by atoms with Crippen molar-refractivity contribution in [1.29, 1.82) is 0 Å². The highest BCUT2D eigenvalue weighted by atomic mass is 16.5. The van der Waals surface area contributed by atoms with Crippen molar-refractivity contribution in [2.24, 2.45) is 0 Å². The average Bonchev–Trinajstić information content (AvgIpc) is 3.50. The minimum Gasteiger partial charge on any atom is -0.497 e. The van der Waals surface area contributed by atoms with E-state index in [0.29, 0.717) is 30.1 Å². The minimum absolute atomic E-state index is 0.0690. The smallest absolute Gasteiger partial charge is 0.251 e. The van der Waals surface area contributed by atoms with E-state index >= 15 is 0 Å². The number of ether oxygens (including phenoxy) is 2. The van der Waals surface area contributed by atoms with Crippen LogP contribution in [0.3, 0.4) is 0 Å². The topological polar surface area (TPSA) is 76.7 Å². The van der Waals surface area contributed by atoms with Crippen LogP contribution in [0.25, 0.3) is 0 Å². The number of hydrogen-bond acceptors (Lipinski definition) is 4. The van der Waals surface area contributed by atoms with E-state index in [9.17, 15) is 9.59 Å². The molecule has 6 heteroatoms. The number of nitrogens with one attached hydrogen (secondary N) is 2. The molecule has 0 aromatic heterocycles. The Morgan fingerprint density at radius 1 is 1.04 bits per heavy atom. The normalized spacial score (nSPS) is 13.0. The second-order valence-corrected chi connectivity index (χ2v) is 6.55. The van der Waals surface area contributed by atoms with Gasteiger partial charge in [0.25, 0.3) is 5.91 Å². The Morgan fingerprint density at radius 3 is 2.41 bits per heavy atom. The van der Waals surface area contributed by atoms with Gasteiger partial charge in [0.1, 0.15) is 11.5 Å². The van der Waals surface area contributed by atoms with Gasteiger partial charge in [-0.25, -0.2) is 0 Å². The Labute approximate surface area is 158 Å². The first kappa shape index (κ1) is 18.8. The lowest BCUT2D eigenvalue weighted by Gasteiger charge is -2.11. The van der Waals surface area contributed by atoms with Crippen molar-refractivity contribution in [2.45, 2.75) is 31.7 Å². The Morgan fingerprint density at radius 2 is 1.78 bits per heavy atom. The van der Waals surface area contributed by atoms with E-state index in [1.807, 2.05) is 18.2 Å². The summed E-state index contributed by atoms with van der Waals surface area (Å²) in [7, 11) is 3.21. The van der Waals surface area contributed by atoms with Gasteiger partial charge in [-0.1, -0.05) is 0 Å². The van der Waals surface area contributed by atoms with E-state index in [1.165, 1.54) is 0 Å². The maximum absolute atomic E-state index is 12.2. The third kappa shape index (κ3) is 5.23. The fraction of sp³-hybridized carbons (Fsp3) is 0.333. The van der Waals surface area contributed by atoms with Crippen LogP contribution in [-0.4, -0.2) is 32.1 Å². The molecule has 0 spiro atoms. The monoisotopic (exact) mass is 368 g/mol. The van der Waals surface area contributed by atoms with Gasteiger partial charge in [0.2, 0.25) is 5.91 Å². The van der Waals surface area contributed by atoms with E-state index in [2.05, 4.69) is 10.6 Å². The number of hydrogen-bond donors (Lipinski definition) is 2. The first-order valence-corrected chi connectivity index (χ1v) is 9.00. The number of amides is 2. The summed E-state index contributed by atoms with van der Waals surface area (Å²) in [5.74, 6) is 1.29. The number of rotatable bonds is 8. The molecule has 2 aromatic carbocycles. The SMILES string of the molecule is COc1ccc(OC)c(CCC(=O)Nc2ccc(C(=O)NC3CC3)cc2)c1. The number of carbonyl (C=O) groups is 2. The van der Waals surface area contributed by atoms with Crippen LogP contribution in [0.1, 0.15) is 35.2 Å². The van der Waals surface area contributed by atoms with Gasteiger partial charge in [-0.15, -0.1) is 0 Å². The van der Waals surface area contributed by atoms with Crippen molar-refractivity contribution in [2.75, 3.05) is 19.5 Å². The van der Waals surface area contributed by atoms with Crippen LogP contribution < -0.4 is 20.1 Å². The molecular weight excluding hydrogens is 344 g/mol. The van der Waals surface area contributed by atoms with Crippen molar-refractivity contribution in [3.63, 3.8) is 0 Å². The maximum atomic E-state index is 12.2. The van der Waals surface area contributed by atoms with Crippen LogP contribution in [0, 0.1) is 0 Å². The number of methoxy groups -OCH3 is 2. The summed E-state index contributed by atoms with van der Waals surface area (Å²) >= 11 is 0. The summed E-state index contributed by atoms with van der Waals surface area (Å²) < 4.78 is 10.6. The Kier molecular flexibility index (Phi) is 5.96. The molecule has 27 heavy (non-hydrogen) atoms. The predicted molar refractivity (Wildman–Crippen MR) is 103 cm³/mol. The Bertz CT molecular complexity index is 813. The highest BCUT2D eigenvalue weighted by Crippen LogP contribution is 2.25. The molecule has 142 valence electrons. The summed E-state index contributed by atoms with van der Waals surface area (Å²) in [4.78, 5) is 24.2. The van der Waals surface area contributed by atoms with Crippen molar-refractivity contribution in [3.8, 4) is 11.5 Å². The largest absolute Gasteiger partial charge is 0.497 e. The molecule has 0 aliphatic heterocycles. The van der Waals surface area contributed by atoms with Crippen molar-refractivity contribution in [3.05, 3.63) is 53.6 Å². The third-order valence-corrected chi connectivity index (χ3v) is 4.45. The quantitative estimate of drug-likeness (QED) is 0.750. The molecule has 0 atom stereocenters. The van der Waals surface area contributed by atoms with E-state index in [4.69, 9.17) is 9.47 Å². The molecule has 6 nitrogen and oxygen atoms in total. The lowest BCUT2D eigenvalue weighted by Crippen LogP contribution is -2.25. The molecule has 1 saturated carbocycles. The average molecular weight is 368 g/mol. The van der Waals surface area contributed by atoms with E-state index in [1.54, 1.807) is 38.5 Å². The van der Waals surface area contributed by atoms with Crippen LogP contribution in [0.15, 0.2) is 42.5 Å². The molecular formula is C21H24N2O4. The van der Waals surface area contributed by atoms with Gasteiger partial charge < -0.3 is 20.1 Å². The van der Waals surface area contributed by atoms with Crippen LogP contribution in [0.5, 0.6) is 11.5 Å². The van der Waals surface area contributed by atoms with Gasteiger partial charge in [0, 0.05) is 23.7 Å². The lowest BCUT2D eigenvalue weighted by atomic mass is 10.1. The third-order valence-electron chi connectivity index (χ3n) is 4.45. The molecule has 1 fully saturated rings. The number of carbonyl (C=O) groups excluding carboxylic acids is 2. The predicted octanol–water partition coefficient (Wildman–Crippen LogP) is 3.17. The first-order chi connectivity index (χ1) is 13.1.